The van der Waals surface area contributed by atoms with Gasteiger partial charge >= 0.3 is 0 Å². The summed E-state index contributed by atoms with van der Waals surface area (Å²) in [7, 11) is 0. The van der Waals surface area contributed by atoms with Crippen molar-refractivity contribution in [2.24, 2.45) is 5.73 Å². The van der Waals surface area contributed by atoms with Crippen LogP contribution in [0.15, 0.2) is 18.2 Å². The summed E-state index contributed by atoms with van der Waals surface area (Å²) in [5.41, 5.74) is 8.85. The minimum absolute atomic E-state index is 0.0532. The van der Waals surface area contributed by atoms with Gasteiger partial charge in [0, 0.05) is 12.0 Å². The lowest BCUT2D eigenvalue weighted by Gasteiger charge is -2.38. The third-order valence-electron chi connectivity index (χ3n) is 3.88. The van der Waals surface area contributed by atoms with Crippen LogP contribution in [0.3, 0.4) is 0 Å². The Morgan fingerprint density at radius 1 is 1.25 bits per heavy atom. The molecule has 1 aliphatic carbocycles. The van der Waals surface area contributed by atoms with E-state index in [0.717, 1.165) is 25.0 Å². The molecule has 0 radical (unpaired) electrons. The quantitative estimate of drug-likeness (QED) is 0.785. The summed E-state index contributed by atoms with van der Waals surface area (Å²) in [4.78, 5) is 0. The van der Waals surface area contributed by atoms with Gasteiger partial charge < -0.3 is 10.5 Å². The van der Waals surface area contributed by atoms with Gasteiger partial charge in [-0.1, -0.05) is 12.1 Å². The van der Waals surface area contributed by atoms with E-state index >= 15 is 0 Å². The Kier molecular flexibility index (Phi) is 1.91. The van der Waals surface area contributed by atoms with E-state index in [-0.39, 0.29) is 11.1 Å². The number of fused-ring (bicyclic) bond motifs is 1. The van der Waals surface area contributed by atoms with Crippen LogP contribution in [0.2, 0.25) is 0 Å². The van der Waals surface area contributed by atoms with Gasteiger partial charge in [-0.3, -0.25) is 0 Å². The highest BCUT2D eigenvalue weighted by molar-refractivity contribution is 5.44. The third kappa shape index (κ3) is 1.44. The maximum absolute atomic E-state index is 6.34. The van der Waals surface area contributed by atoms with E-state index in [1.165, 1.54) is 17.5 Å². The molecule has 1 aromatic rings. The fraction of sp³-hybridized carbons (Fsp3) is 0.571. The number of hydrogen-bond acceptors (Lipinski definition) is 2. The Hall–Kier alpha value is -1.02. The van der Waals surface area contributed by atoms with Gasteiger partial charge in [0.05, 0.1) is 0 Å². The van der Waals surface area contributed by atoms with Crippen LogP contribution in [0.4, 0.5) is 0 Å². The summed E-state index contributed by atoms with van der Waals surface area (Å²) < 4.78 is 5.87. The predicted molar refractivity (Wildman–Crippen MR) is 64.6 cm³/mol. The Morgan fingerprint density at radius 3 is 2.62 bits per heavy atom. The minimum Gasteiger partial charge on any atom is -0.487 e. The van der Waals surface area contributed by atoms with E-state index in [0.29, 0.717) is 0 Å². The second-order valence-electron chi connectivity index (χ2n) is 5.87. The Balaban J connectivity index is 1.96. The number of hydrogen-bond donors (Lipinski definition) is 1. The molecule has 0 saturated heterocycles. The highest BCUT2D eigenvalue weighted by atomic mass is 16.5. The van der Waals surface area contributed by atoms with Crippen molar-refractivity contribution >= 4 is 0 Å². The molecule has 2 N–H and O–H groups in total. The van der Waals surface area contributed by atoms with Crippen LogP contribution in [0, 0.1) is 0 Å². The van der Waals surface area contributed by atoms with Crippen LogP contribution in [0.1, 0.15) is 44.2 Å². The zero-order valence-corrected chi connectivity index (χ0v) is 10.0. The van der Waals surface area contributed by atoms with Gasteiger partial charge in [-0.15, -0.1) is 0 Å². The highest BCUT2D eigenvalue weighted by Gasteiger charge is 2.36. The minimum atomic E-state index is -0.0538. The number of nitrogens with two attached hydrogens (primary N) is 1. The van der Waals surface area contributed by atoms with Crippen LogP contribution in [-0.4, -0.2) is 5.60 Å². The van der Waals surface area contributed by atoms with Crippen LogP contribution in [-0.2, 0) is 12.0 Å². The van der Waals surface area contributed by atoms with E-state index in [2.05, 4.69) is 32.0 Å². The van der Waals surface area contributed by atoms with E-state index in [1.54, 1.807) is 0 Å². The molecule has 0 spiro atoms. The van der Waals surface area contributed by atoms with Gasteiger partial charge in [0.15, 0.2) is 0 Å². The maximum Gasteiger partial charge on any atom is 0.123 e. The molecule has 3 rings (SSSR count). The zero-order chi connectivity index (χ0) is 11.4. The number of benzene rings is 1. The summed E-state index contributed by atoms with van der Waals surface area (Å²) in [6, 6.07) is 6.48. The Labute approximate surface area is 96.8 Å². The normalized spacial score (nSPS) is 24.4. The fourth-order valence-corrected chi connectivity index (χ4v) is 2.77. The van der Waals surface area contributed by atoms with Gasteiger partial charge in [-0.05, 0) is 50.3 Å². The topological polar surface area (TPSA) is 35.2 Å². The first-order valence-corrected chi connectivity index (χ1v) is 6.10. The summed E-state index contributed by atoms with van der Waals surface area (Å²) in [6.45, 7) is 4.27. The smallest absolute Gasteiger partial charge is 0.123 e. The van der Waals surface area contributed by atoms with E-state index in [4.69, 9.17) is 10.5 Å². The van der Waals surface area contributed by atoms with Gasteiger partial charge in [-0.25, -0.2) is 0 Å². The molecule has 2 nitrogen and oxygen atoms in total. The molecule has 1 saturated carbocycles. The standard InChI is InChI=1S/C14H19NO/c1-13(2)9-10-8-11(4-5-12(10)16-13)14(15)6-3-7-14/h4-5,8H,3,6-7,9,15H2,1-2H3. The average molecular weight is 217 g/mol. The lowest BCUT2D eigenvalue weighted by molar-refractivity contribution is 0.138. The summed E-state index contributed by atoms with van der Waals surface area (Å²) in [6.07, 6.45) is 4.49. The molecule has 0 unspecified atom stereocenters. The van der Waals surface area contributed by atoms with E-state index in [9.17, 15) is 0 Å². The third-order valence-corrected chi connectivity index (χ3v) is 3.88. The van der Waals surface area contributed by atoms with Gasteiger partial charge in [0.1, 0.15) is 11.4 Å². The molecule has 1 fully saturated rings. The van der Waals surface area contributed by atoms with Crippen molar-refractivity contribution in [3.8, 4) is 5.75 Å². The summed E-state index contributed by atoms with van der Waals surface area (Å²) in [5.74, 6) is 1.04. The predicted octanol–water partition coefficient (Wildman–Crippen LogP) is 2.74. The molecule has 2 aliphatic rings. The van der Waals surface area contributed by atoms with Gasteiger partial charge in [0.25, 0.3) is 0 Å². The maximum atomic E-state index is 6.34. The van der Waals surface area contributed by atoms with Crippen molar-refractivity contribution in [1.29, 1.82) is 0 Å². The van der Waals surface area contributed by atoms with Crippen molar-refractivity contribution in [3.63, 3.8) is 0 Å². The van der Waals surface area contributed by atoms with Gasteiger partial charge in [0.2, 0.25) is 0 Å². The molecule has 0 amide bonds. The summed E-state index contributed by atoms with van der Waals surface area (Å²) in [5, 5.41) is 0. The SMILES string of the molecule is CC1(C)Cc2cc(C3(N)CCC3)ccc2O1. The molecular formula is C14H19NO. The fourth-order valence-electron chi connectivity index (χ4n) is 2.77. The highest BCUT2D eigenvalue weighted by Crippen LogP contribution is 2.42. The number of ether oxygens (including phenoxy) is 1. The second-order valence-corrected chi connectivity index (χ2v) is 5.87. The van der Waals surface area contributed by atoms with Crippen molar-refractivity contribution < 1.29 is 4.74 Å². The van der Waals surface area contributed by atoms with E-state index < -0.39 is 0 Å². The molecular weight excluding hydrogens is 198 g/mol. The molecule has 1 aromatic carbocycles. The molecule has 86 valence electrons. The first-order chi connectivity index (χ1) is 7.49. The van der Waals surface area contributed by atoms with Crippen LogP contribution < -0.4 is 10.5 Å². The Morgan fingerprint density at radius 2 is 2.00 bits per heavy atom. The van der Waals surface area contributed by atoms with Crippen molar-refractivity contribution in [2.75, 3.05) is 0 Å². The molecule has 0 aromatic heterocycles. The number of rotatable bonds is 1. The Bertz CT molecular complexity index is 432. The summed E-state index contributed by atoms with van der Waals surface area (Å²) >= 11 is 0. The van der Waals surface area contributed by atoms with Crippen molar-refractivity contribution in [1.82, 2.24) is 0 Å². The molecule has 0 bridgehead atoms. The van der Waals surface area contributed by atoms with Crippen molar-refractivity contribution in [3.05, 3.63) is 29.3 Å². The lowest BCUT2D eigenvalue weighted by atomic mass is 9.72. The largest absolute Gasteiger partial charge is 0.487 e. The molecule has 0 atom stereocenters. The lowest BCUT2D eigenvalue weighted by Crippen LogP contribution is -2.43. The second kappa shape index (κ2) is 3.01. The average Bonchev–Trinajstić information content (AvgIpc) is 2.46. The van der Waals surface area contributed by atoms with Crippen molar-refractivity contribution in [2.45, 2.75) is 50.7 Å². The molecule has 16 heavy (non-hydrogen) atoms. The first kappa shape index (κ1) is 10.2. The first-order valence-electron chi connectivity index (χ1n) is 6.10. The molecule has 1 heterocycles. The van der Waals surface area contributed by atoms with Crippen LogP contribution in [0.25, 0.3) is 0 Å². The molecule has 2 heteroatoms. The van der Waals surface area contributed by atoms with Gasteiger partial charge in [-0.2, -0.15) is 0 Å². The van der Waals surface area contributed by atoms with Crippen LogP contribution in [0.5, 0.6) is 5.75 Å². The zero-order valence-electron chi connectivity index (χ0n) is 10.0. The van der Waals surface area contributed by atoms with E-state index in [1.807, 2.05) is 0 Å². The van der Waals surface area contributed by atoms with Crippen LogP contribution >= 0.6 is 0 Å². The molecule has 1 aliphatic heterocycles. The monoisotopic (exact) mass is 217 g/mol.